The zero-order valence-corrected chi connectivity index (χ0v) is 11.3. The second-order valence-corrected chi connectivity index (χ2v) is 5.24. The Morgan fingerprint density at radius 1 is 1.35 bits per heavy atom. The largest absolute Gasteiger partial charge is 0.310 e. The average molecular weight is 232 g/mol. The SMILES string of the molecule is CCC(C)NCc1cc2c(nc1C)CCCC2. The van der Waals surface area contributed by atoms with E-state index in [1.165, 1.54) is 54.6 Å². The smallest absolute Gasteiger partial charge is 0.0438 e. The first-order valence-electron chi connectivity index (χ1n) is 6.92. The summed E-state index contributed by atoms with van der Waals surface area (Å²) in [6.45, 7) is 7.56. The number of aromatic nitrogens is 1. The van der Waals surface area contributed by atoms with Crippen LogP contribution in [0.1, 0.15) is 55.6 Å². The number of pyridine rings is 1. The second kappa shape index (κ2) is 5.63. The maximum Gasteiger partial charge on any atom is 0.0438 e. The van der Waals surface area contributed by atoms with Crippen LogP contribution in [0.5, 0.6) is 0 Å². The van der Waals surface area contributed by atoms with Crippen molar-refractivity contribution >= 4 is 0 Å². The van der Waals surface area contributed by atoms with Gasteiger partial charge in [-0.3, -0.25) is 4.98 Å². The molecule has 1 atom stereocenters. The normalized spacial score (nSPS) is 16.6. The minimum absolute atomic E-state index is 0.588. The molecule has 2 nitrogen and oxygen atoms in total. The average Bonchev–Trinajstić information content (AvgIpc) is 2.35. The van der Waals surface area contributed by atoms with Crippen LogP contribution in [0.3, 0.4) is 0 Å². The summed E-state index contributed by atoms with van der Waals surface area (Å²) >= 11 is 0. The van der Waals surface area contributed by atoms with Gasteiger partial charge in [-0.15, -0.1) is 0 Å². The molecule has 94 valence electrons. The van der Waals surface area contributed by atoms with Gasteiger partial charge < -0.3 is 5.32 Å². The van der Waals surface area contributed by atoms with E-state index < -0.39 is 0 Å². The van der Waals surface area contributed by atoms with Gasteiger partial charge in [0.2, 0.25) is 0 Å². The third-order valence-electron chi connectivity index (χ3n) is 3.85. The quantitative estimate of drug-likeness (QED) is 0.862. The summed E-state index contributed by atoms with van der Waals surface area (Å²) in [5.41, 5.74) is 5.43. The van der Waals surface area contributed by atoms with Gasteiger partial charge in [0.1, 0.15) is 0 Å². The molecule has 0 radical (unpaired) electrons. The Bertz CT molecular complexity index is 385. The Balaban J connectivity index is 2.11. The third-order valence-corrected chi connectivity index (χ3v) is 3.85. The van der Waals surface area contributed by atoms with Crippen LogP contribution in [-0.2, 0) is 19.4 Å². The van der Waals surface area contributed by atoms with Crippen molar-refractivity contribution in [2.75, 3.05) is 0 Å². The molecule has 0 amide bonds. The highest BCUT2D eigenvalue weighted by Crippen LogP contribution is 2.22. The summed E-state index contributed by atoms with van der Waals surface area (Å²) in [6.07, 6.45) is 6.21. The number of nitrogens with one attached hydrogen (secondary N) is 1. The molecule has 1 aliphatic rings. The van der Waals surface area contributed by atoms with E-state index in [1.807, 2.05) is 0 Å². The standard InChI is InChI=1S/C15H24N2/c1-4-11(2)16-10-14-9-13-7-5-6-8-15(13)17-12(14)3/h9,11,16H,4-8,10H2,1-3H3. The first-order valence-corrected chi connectivity index (χ1v) is 6.92. The molecule has 0 aromatic carbocycles. The number of rotatable bonds is 4. The van der Waals surface area contributed by atoms with Crippen LogP contribution < -0.4 is 5.32 Å². The Hall–Kier alpha value is -0.890. The van der Waals surface area contributed by atoms with Gasteiger partial charge in [0.25, 0.3) is 0 Å². The first-order chi connectivity index (χ1) is 8.20. The van der Waals surface area contributed by atoms with Gasteiger partial charge in [0.05, 0.1) is 0 Å². The van der Waals surface area contributed by atoms with E-state index in [9.17, 15) is 0 Å². The molecule has 0 bridgehead atoms. The molecule has 0 spiro atoms. The van der Waals surface area contributed by atoms with Crippen LogP contribution in [0.4, 0.5) is 0 Å². The summed E-state index contributed by atoms with van der Waals surface area (Å²) in [5, 5.41) is 3.56. The first kappa shape index (κ1) is 12.6. The molecule has 0 fully saturated rings. The van der Waals surface area contributed by atoms with Crippen molar-refractivity contribution in [3.8, 4) is 0 Å². The lowest BCUT2D eigenvalue weighted by Crippen LogP contribution is -2.25. The van der Waals surface area contributed by atoms with Gasteiger partial charge in [-0.2, -0.15) is 0 Å². The number of fused-ring (bicyclic) bond motifs is 1. The van der Waals surface area contributed by atoms with Gasteiger partial charge in [-0.1, -0.05) is 13.0 Å². The fourth-order valence-electron chi connectivity index (χ4n) is 2.39. The van der Waals surface area contributed by atoms with Gasteiger partial charge in [0, 0.05) is 24.0 Å². The monoisotopic (exact) mass is 232 g/mol. The topological polar surface area (TPSA) is 24.9 Å². The molecule has 17 heavy (non-hydrogen) atoms. The molecule has 1 aromatic heterocycles. The summed E-state index contributed by atoms with van der Waals surface area (Å²) in [5.74, 6) is 0. The summed E-state index contributed by atoms with van der Waals surface area (Å²) in [7, 11) is 0. The number of aryl methyl sites for hydroxylation is 3. The van der Waals surface area contributed by atoms with Crippen molar-refractivity contribution in [1.29, 1.82) is 0 Å². The van der Waals surface area contributed by atoms with Gasteiger partial charge >= 0.3 is 0 Å². The summed E-state index contributed by atoms with van der Waals surface area (Å²) < 4.78 is 0. The molecule has 2 heteroatoms. The fraction of sp³-hybridized carbons (Fsp3) is 0.667. The number of nitrogens with zero attached hydrogens (tertiary/aromatic N) is 1. The summed E-state index contributed by atoms with van der Waals surface area (Å²) in [6, 6.07) is 2.97. The Labute approximate surface area is 105 Å². The van der Waals surface area contributed by atoms with Crippen LogP contribution in [-0.4, -0.2) is 11.0 Å². The van der Waals surface area contributed by atoms with E-state index in [0.29, 0.717) is 6.04 Å². The predicted molar refractivity (Wildman–Crippen MR) is 72.2 cm³/mol. The van der Waals surface area contributed by atoms with Gasteiger partial charge in [-0.25, -0.2) is 0 Å². The molecule has 0 saturated carbocycles. The van der Waals surface area contributed by atoms with E-state index in [1.54, 1.807) is 0 Å². The highest BCUT2D eigenvalue weighted by Gasteiger charge is 2.13. The Kier molecular flexibility index (Phi) is 4.16. The van der Waals surface area contributed by atoms with E-state index in [2.05, 4.69) is 32.2 Å². The number of hydrogen-bond acceptors (Lipinski definition) is 2. The molecule has 0 saturated heterocycles. The van der Waals surface area contributed by atoms with Crippen LogP contribution in [0, 0.1) is 6.92 Å². The molecule has 1 N–H and O–H groups in total. The van der Waals surface area contributed by atoms with Crippen LogP contribution in [0.25, 0.3) is 0 Å². The van der Waals surface area contributed by atoms with E-state index in [-0.39, 0.29) is 0 Å². The fourth-order valence-corrected chi connectivity index (χ4v) is 2.39. The Morgan fingerprint density at radius 3 is 2.88 bits per heavy atom. The molecule has 1 aliphatic carbocycles. The number of hydrogen-bond donors (Lipinski definition) is 1. The highest BCUT2D eigenvalue weighted by molar-refractivity contribution is 5.31. The summed E-state index contributed by atoms with van der Waals surface area (Å²) in [4.78, 5) is 4.78. The molecule has 1 heterocycles. The van der Waals surface area contributed by atoms with Crippen molar-refractivity contribution in [2.24, 2.45) is 0 Å². The molecule has 1 unspecified atom stereocenters. The van der Waals surface area contributed by atoms with Crippen molar-refractivity contribution < 1.29 is 0 Å². The van der Waals surface area contributed by atoms with Crippen molar-refractivity contribution in [3.63, 3.8) is 0 Å². The van der Waals surface area contributed by atoms with E-state index in [0.717, 1.165) is 6.54 Å². The van der Waals surface area contributed by atoms with Crippen molar-refractivity contribution in [3.05, 3.63) is 28.6 Å². The minimum Gasteiger partial charge on any atom is -0.310 e. The van der Waals surface area contributed by atoms with Crippen LogP contribution >= 0.6 is 0 Å². The third kappa shape index (κ3) is 3.06. The zero-order valence-electron chi connectivity index (χ0n) is 11.3. The molecular weight excluding hydrogens is 208 g/mol. The molecule has 2 rings (SSSR count). The lowest BCUT2D eigenvalue weighted by atomic mass is 9.94. The second-order valence-electron chi connectivity index (χ2n) is 5.24. The van der Waals surface area contributed by atoms with E-state index >= 15 is 0 Å². The maximum atomic E-state index is 4.78. The maximum absolute atomic E-state index is 4.78. The molecule has 0 aliphatic heterocycles. The molecule has 1 aromatic rings. The van der Waals surface area contributed by atoms with Crippen LogP contribution in [0.15, 0.2) is 6.07 Å². The van der Waals surface area contributed by atoms with Gasteiger partial charge in [0.15, 0.2) is 0 Å². The van der Waals surface area contributed by atoms with Crippen LogP contribution in [0.2, 0.25) is 0 Å². The zero-order chi connectivity index (χ0) is 12.3. The van der Waals surface area contributed by atoms with Crippen molar-refractivity contribution in [2.45, 2.75) is 65.5 Å². The lowest BCUT2D eigenvalue weighted by Gasteiger charge is -2.19. The Morgan fingerprint density at radius 2 is 2.12 bits per heavy atom. The highest BCUT2D eigenvalue weighted by atomic mass is 14.9. The minimum atomic E-state index is 0.588. The van der Waals surface area contributed by atoms with Gasteiger partial charge in [-0.05, 0) is 57.1 Å². The van der Waals surface area contributed by atoms with Crippen molar-refractivity contribution in [1.82, 2.24) is 10.3 Å². The predicted octanol–water partition coefficient (Wildman–Crippen LogP) is 3.16. The molecular formula is C15H24N2. The van der Waals surface area contributed by atoms with E-state index in [4.69, 9.17) is 4.98 Å². The lowest BCUT2D eigenvalue weighted by molar-refractivity contribution is 0.531.